The molecule has 1 fully saturated rings. The normalized spacial score (nSPS) is 19.7. The Morgan fingerprint density at radius 2 is 1.81 bits per heavy atom. The van der Waals surface area contributed by atoms with Crippen LogP contribution < -0.4 is 10.6 Å². The van der Waals surface area contributed by atoms with Crippen LogP contribution in [0.15, 0.2) is 48.5 Å². The molecule has 110 valence electrons. The molecule has 0 aromatic heterocycles. The molecule has 21 heavy (non-hydrogen) atoms. The number of piperazine rings is 1. The molecule has 2 aromatic carbocycles. The summed E-state index contributed by atoms with van der Waals surface area (Å²) < 4.78 is 0. The molecule has 1 aliphatic rings. The van der Waals surface area contributed by atoms with Crippen LogP contribution in [0.5, 0.6) is 0 Å². The first-order valence-electron chi connectivity index (χ1n) is 7.51. The Morgan fingerprint density at radius 3 is 2.57 bits per heavy atom. The number of benzene rings is 2. The topological polar surface area (TPSA) is 32.5 Å². The zero-order valence-electron chi connectivity index (χ0n) is 12.8. The minimum atomic E-state index is 0.356. The van der Waals surface area contributed by atoms with E-state index >= 15 is 0 Å². The summed E-state index contributed by atoms with van der Waals surface area (Å²) in [4.78, 5) is 4.85. The molecule has 2 N–H and O–H groups in total. The average molecular weight is 281 g/mol. The predicted molar refractivity (Wildman–Crippen MR) is 89.6 cm³/mol. The highest BCUT2D eigenvalue weighted by Gasteiger charge is 2.27. The fraction of sp³-hybridized carbons (Fsp3) is 0.333. The van der Waals surface area contributed by atoms with E-state index in [-0.39, 0.29) is 0 Å². The van der Waals surface area contributed by atoms with Gasteiger partial charge in [0.15, 0.2) is 0 Å². The van der Waals surface area contributed by atoms with E-state index in [1.165, 1.54) is 11.1 Å². The summed E-state index contributed by atoms with van der Waals surface area (Å²) in [7, 11) is 2.19. The van der Waals surface area contributed by atoms with Gasteiger partial charge in [-0.15, -0.1) is 0 Å². The maximum absolute atomic E-state index is 6.24. The van der Waals surface area contributed by atoms with E-state index < -0.39 is 0 Å². The van der Waals surface area contributed by atoms with Gasteiger partial charge in [-0.2, -0.15) is 0 Å². The Bertz CT molecular complexity index is 609. The molecular weight excluding hydrogens is 258 g/mol. The van der Waals surface area contributed by atoms with Gasteiger partial charge in [0.25, 0.3) is 0 Å². The van der Waals surface area contributed by atoms with E-state index in [0.29, 0.717) is 6.04 Å². The number of nitrogens with zero attached hydrogens (tertiary/aromatic N) is 2. The second-order valence-corrected chi connectivity index (χ2v) is 5.94. The highest BCUT2D eigenvalue weighted by Crippen LogP contribution is 2.34. The molecule has 0 bridgehead atoms. The molecule has 0 amide bonds. The lowest BCUT2D eigenvalue weighted by Crippen LogP contribution is -2.47. The molecule has 3 heteroatoms. The molecule has 3 rings (SSSR count). The summed E-state index contributed by atoms with van der Waals surface area (Å²) in [5, 5.41) is 0. The minimum Gasteiger partial charge on any atom is -0.397 e. The van der Waals surface area contributed by atoms with E-state index in [1.54, 1.807) is 0 Å². The van der Waals surface area contributed by atoms with Crippen molar-refractivity contribution in [3.8, 4) is 0 Å². The van der Waals surface area contributed by atoms with E-state index in [2.05, 4.69) is 66.2 Å². The van der Waals surface area contributed by atoms with Crippen LogP contribution in [0.25, 0.3) is 0 Å². The maximum atomic E-state index is 6.24. The zero-order chi connectivity index (χ0) is 14.8. The van der Waals surface area contributed by atoms with Crippen LogP contribution in [0.4, 0.5) is 11.4 Å². The largest absolute Gasteiger partial charge is 0.397 e. The van der Waals surface area contributed by atoms with Crippen LogP contribution in [-0.2, 0) is 0 Å². The lowest BCUT2D eigenvalue weighted by Gasteiger charge is -2.42. The summed E-state index contributed by atoms with van der Waals surface area (Å²) >= 11 is 0. The molecule has 1 aliphatic heterocycles. The van der Waals surface area contributed by atoms with Gasteiger partial charge in [0.1, 0.15) is 0 Å². The first-order valence-corrected chi connectivity index (χ1v) is 7.51. The summed E-state index contributed by atoms with van der Waals surface area (Å²) in [6.07, 6.45) is 0. The highest BCUT2D eigenvalue weighted by atomic mass is 15.3. The van der Waals surface area contributed by atoms with Crippen molar-refractivity contribution in [1.82, 2.24) is 4.90 Å². The van der Waals surface area contributed by atoms with E-state index in [1.807, 2.05) is 6.07 Å². The van der Waals surface area contributed by atoms with Crippen molar-refractivity contribution in [1.29, 1.82) is 0 Å². The van der Waals surface area contributed by atoms with Crippen molar-refractivity contribution >= 4 is 11.4 Å². The van der Waals surface area contributed by atoms with Gasteiger partial charge in [-0.05, 0) is 37.2 Å². The van der Waals surface area contributed by atoms with Gasteiger partial charge < -0.3 is 15.5 Å². The molecule has 0 radical (unpaired) electrons. The molecular formula is C18H23N3. The number of aryl methyl sites for hydroxylation is 1. The molecule has 3 nitrogen and oxygen atoms in total. The average Bonchev–Trinajstić information content (AvgIpc) is 2.51. The van der Waals surface area contributed by atoms with Crippen LogP contribution in [0.1, 0.15) is 17.2 Å². The number of hydrogen-bond donors (Lipinski definition) is 1. The lowest BCUT2D eigenvalue weighted by molar-refractivity contribution is 0.269. The number of likely N-dealkylation sites (N-methyl/N-ethyl adjacent to an activating group) is 1. The van der Waals surface area contributed by atoms with Crippen LogP contribution >= 0.6 is 0 Å². The van der Waals surface area contributed by atoms with E-state index in [4.69, 9.17) is 5.73 Å². The minimum absolute atomic E-state index is 0.356. The van der Waals surface area contributed by atoms with Gasteiger partial charge in [-0.3, -0.25) is 0 Å². The highest BCUT2D eigenvalue weighted by molar-refractivity contribution is 5.69. The van der Waals surface area contributed by atoms with Crippen molar-refractivity contribution in [3.63, 3.8) is 0 Å². The zero-order valence-corrected chi connectivity index (χ0v) is 12.8. The SMILES string of the molecule is Cc1ccc(N)c(N2CCN(C)CC2c2ccccc2)c1. The number of nitrogen functional groups attached to an aromatic ring is 1. The Hall–Kier alpha value is -2.00. The van der Waals surface area contributed by atoms with Crippen LogP contribution in [-0.4, -0.2) is 31.6 Å². The van der Waals surface area contributed by atoms with Crippen molar-refractivity contribution in [2.75, 3.05) is 37.3 Å². The quantitative estimate of drug-likeness (QED) is 0.859. The lowest BCUT2D eigenvalue weighted by atomic mass is 10.0. The van der Waals surface area contributed by atoms with Gasteiger partial charge in [0, 0.05) is 19.6 Å². The van der Waals surface area contributed by atoms with Gasteiger partial charge in [-0.25, -0.2) is 0 Å². The summed E-state index contributed by atoms with van der Waals surface area (Å²) in [5.74, 6) is 0. The second kappa shape index (κ2) is 5.78. The standard InChI is InChI=1S/C18H23N3/c1-14-8-9-16(19)17(12-14)21-11-10-20(2)13-18(21)15-6-4-3-5-7-15/h3-9,12,18H,10-11,13,19H2,1-2H3. The van der Waals surface area contributed by atoms with E-state index in [0.717, 1.165) is 31.0 Å². The van der Waals surface area contributed by atoms with E-state index in [9.17, 15) is 0 Å². The molecule has 1 heterocycles. The number of nitrogens with two attached hydrogens (primary N) is 1. The Kier molecular flexibility index (Phi) is 3.84. The number of rotatable bonds is 2. The summed E-state index contributed by atoms with van der Waals surface area (Å²) in [5.41, 5.74) is 10.9. The number of anilines is 2. The molecule has 1 unspecified atom stereocenters. The van der Waals surface area contributed by atoms with Crippen molar-refractivity contribution in [2.45, 2.75) is 13.0 Å². The first kappa shape index (κ1) is 14.0. The number of hydrogen-bond acceptors (Lipinski definition) is 3. The van der Waals surface area contributed by atoms with Crippen LogP contribution in [0.3, 0.4) is 0 Å². The van der Waals surface area contributed by atoms with Crippen molar-refractivity contribution < 1.29 is 0 Å². The maximum Gasteiger partial charge on any atom is 0.0670 e. The smallest absolute Gasteiger partial charge is 0.0670 e. The van der Waals surface area contributed by atoms with Gasteiger partial charge in [-0.1, -0.05) is 36.4 Å². The van der Waals surface area contributed by atoms with Crippen LogP contribution in [0, 0.1) is 6.92 Å². The summed E-state index contributed by atoms with van der Waals surface area (Å²) in [6, 6.07) is 17.4. The third-order valence-electron chi connectivity index (χ3n) is 4.26. The third-order valence-corrected chi connectivity index (χ3v) is 4.26. The monoisotopic (exact) mass is 281 g/mol. The second-order valence-electron chi connectivity index (χ2n) is 5.94. The third kappa shape index (κ3) is 2.88. The van der Waals surface area contributed by atoms with Crippen molar-refractivity contribution in [3.05, 3.63) is 59.7 Å². The predicted octanol–water partition coefficient (Wildman–Crippen LogP) is 3.07. The molecule has 1 atom stereocenters. The first-order chi connectivity index (χ1) is 10.1. The fourth-order valence-corrected chi connectivity index (χ4v) is 3.07. The molecule has 1 saturated heterocycles. The molecule has 0 spiro atoms. The van der Waals surface area contributed by atoms with Gasteiger partial charge in [0.2, 0.25) is 0 Å². The molecule has 0 aliphatic carbocycles. The molecule has 2 aromatic rings. The fourth-order valence-electron chi connectivity index (χ4n) is 3.07. The van der Waals surface area contributed by atoms with Crippen molar-refractivity contribution in [2.24, 2.45) is 0 Å². The van der Waals surface area contributed by atoms with Gasteiger partial charge in [0.05, 0.1) is 17.4 Å². The summed E-state index contributed by atoms with van der Waals surface area (Å²) in [6.45, 7) is 5.22. The molecule has 0 saturated carbocycles. The Balaban J connectivity index is 2.00. The Morgan fingerprint density at radius 1 is 1.05 bits per heavy atom. The Labute approximate surface area is 127 Å². The van der Waals surface area contributed by atoms with Gasteiger partial charge >= 0.3 is 0 Å². The van der Waals surface area contributed by atoms with Crippen LogP contribution in [0.2, 0.25) is 0 Å².